The standard InChI is InChI=1S/C16H15Cl2NO2/c1-11(21-15-7-5-13(17)6-8-15)16(20)19-10-12-3-2-4-14(18)9-12/h2-9,11H,10H2,1H3,(H,19,20)/t11-/m0/s1. The van der Waals surface area contributed by atoms with Crippen molar-refractivity contribution in [2.24, 2.45) is 0 Å². The van der Waals surface area contributed by atoms with E-state index in [-0.39, 0.29) is 5.91 Å². The van der Waals surface area contributed by atoms with Crippen molar-refractivity contribution in [2.75, 3.05) is 0 Å². The SMILES string of the molecule is C[C@H](Oc1ccc(Cl)cc1)C(=O)NCc1cccc(Cl)c1. The molecule has 0 spiro atoms. The summed E-state index contributed by atoms with van der Waals surface area (Å²) in [6.45, 7) is 2.11. The minimum atomic E-state index is -0.592. The van der Waals surface area contributed by atoms with E-state index in [1.807, 2.05) is 18.2 Å². The molecule has 0 aliphatic rings. The second-order valence-electron chi connectivity index (χ2n) is 4.56. The van der Waals surface area contributed by atoms with E-state index >= 15 is 0 Å². The summed E-state index contributed by atoms with van der Waals surface area (Å²) in [6.07, 6.45) is -0.592. The van der Waals surface area contributed by atoms with Crippen LogP contribution in [0.4, 0.5) is 0 Å². The molecule has 3 nitrogen and oxygen atoms in total. The summed E-state index contributed by atoms with van der Waals surface area (Å²) < 4.78 is 5.55. The Morgan fingerprint density at radius 3 is 2.52 bits per heavy atom. The normalized spacial score (nSPS) is 11.8. The van der Waals surface area contributed by atoms with Crippen LogP contribution in [0, 0.1) is 0 Å². The molecule has 5 heteroatoms. The summed E-state index contributed by atoms with van der Waals surface area (Å²) >= 11 is 11.7. The number of rotatable bonds is 5. The van der Waals surface area contributed by atoms with E-state index < -0.39 is 6.10 Å². The van der Waals surface area contributed by atoms with E-state index in [1.54, 1.807) is 37.3 Å². The van der Waals surface area contributed by atoms with Crippen LogP contribution in [0.5, 0.6) is 5.75 Å². The van der Waals surface area contributed by atoms with Gasteiger partial charge in [0.05, 0.1) is 0 Å². The zero-order chi connectivity index (χ0) is 15.2. The first-order valence-corrected chi connectivity index (χ1v) is 7.24. The van der Waals surface area contributed by atoms with E-state index in [9.17, 15) is 4.79 Å². The molecule has 0 bridgehead atoms. The molecular weight excluding hydrogens is 309 g/mol. The average Bonchev–Trinajstić information content (AvgIpc) is 2.47. The van der Waals surface area contributed by atoms with Crippen LogP contribution >= 0.6 is 23.2 Å². The fraction of sp³-hybridized carbons (Fsp3) is 0.188. The Kier molecular flexibility index (Phi) is 5.48. The van der Waals surface area contributed by atoms with Crippen LogP contribution in [0.2, 0.25) is 10.0 Å². The molecule has 0 heterocycles. The van der Waals surface area contributed by atoms with Gasteiger partial charge in [0, 0.05) is 16.6 Å². The Balaban J connectivity index is 1.86. The maximum absolute atomic E-state index is 12.0. The van der Waals surface area contributed by atoms with Gasteiger partial charge in [-0.25, -0.2) is 0 Å². The summed E-state index contributed by atoms with van der Waals surface area (Å²) in [6, 6.07) is 14.2. The number of carbonyl (C=O) groups excluding carboxylic acids is 1. The quantitative estimate of drug-likeness (QED) is 0.900. The highest BCUT2D eigenvalue weighted by Gasteiger charge is 2.14. The van der Waals surface area contributed by atoms with Gasteiger partial charge >= 0.3 is 0 Å². The zero-order valence-corrected chi connectivity index (χ0v) is 13.0. The van der Waals surface area contributed by atoms with Crippen molar-refractivity contribution in [3.05, 3.63) is 64.1 Å². The summed E-state index contributed by atoms with van der Waals surface area (Å²) in [5.41, 5.74) is 0.939. The molecule has 0 radical (unpaired) electrons. The minimum Gasteiger partial charge on any atom is -0.481 e. The predicted molar refractivity (Wildman–Crippen MR) is 84.8 cm³/mol. The molecule has 2 rings (SSSR count). The molecule has 110 valence electrons. The molecule has 0 aromatic heterocycles. The smallest absolute Gasteiger partial charge is 0.261 e. The molecule has 1 atom stereocenters. The second-order valence-corrected chi connectivity index (χ2v) is 5.43. The largest absolute Gasteiger partial charge is 0.481 e. The van der Waals surface area contributed by atoms with Gasteiger partial charge in [0.1, 0.15) is 5.75 Å². The van der Waals surface area contributed by atoms with Crippen molar-refractivity contribution in [1.82, 2.24) is 5.32 Å². The molecule has 2 aromatic rings. The first kappa shape index (κ1) is 15.7. The third-order valence-corrected chi connectivity index (χ3v) is 3.34. The maximum Gasteiger partial charge on any atom is 0.261 e. The summed E-state index contributed by atoms with van der Waals surface area (Å²) in [7, 11) is 0. The van der Waals surface area contributed by atoms with Gasteiger partial charge in [0.2, 0.25) is 0 Å². The highest BCUT2D eigenvalue weighted by atomic mass is 35.5. The molecule has 0 aliphatic heterocycles. The first-order valence-electron chi connectivity index (χ1n) is 6.49. The molecule has 0 unspecified atom stereocenters. The number of hydrogen-bond donors (Lipinski definition) is 1. The number of ether oxygens (including phenoxy) is 1. The van der Waals surface area contributed by atoms with Crippen LogP contribution in [0.3, 0.4) is 0 Å². The molecule has 1 N–H and O–H groups in total. The summed E-state index contributed by atoms with van der Waals surface area (Å²) in [5, 5.41) is 4.08. The topological polar surface area (TPSA) is 38.3 Å². The fourth-order valence-corrected chi connectivity index (χ4v) is 2.09. The molecule has 0 aliphatic carbocycles. The third kappa shape index (κ3) is 4.96. The number of nitrogens with one attached hydrogen (secondary N) is 1. The Hall–Kier alpha value is -1.71. The Bertz CT molecular complexity index is 614. The number of halogens is 2. The highest BCUT2D eigenvalue weighted by Crippen LogP contribution is 2.17. The average molecular weight is 324 g/mol. The highest BCUT2D eigenvalue weighted by molar-refractivity contribution is 6.30. The predicted octanol–water partition coefficient (Wildman–Crippen LogP) is 4.08. The van der Waals surface area contributed by atoms with Crippen molar-refractivity contribution in [3.63, 3.8) is 0 Å². The molecule has 0 saturated heterocycles. The molecule has 21 heavy (non-hydrogen) atoms. The van der Waals surface area contributed by atoms with E-state index in [0.29, 0.717) is 22.3 Å². The van der Waals surface area contributed by atoms with Gasteiger partial charge in [-0.15, -0.1) is 0 Å². The lowest BCUT2D eigenvalue weighted by Crippen LogP contribution is -2.35. The van der Waals surface area contributed by atoms with Crippen LogP contribution in [0.1, 0.15) is 12.5 Å². The van der Waals surface area contributed by atoms with Crippen LogP contribution in [-0.4, -0.2) is 12.0 Å². The van der Waals surface area contributed by atoms with Crippen molar-refractivity contribution >= 4 is 29.1 Å². The fourth-order valence-electron chi connectivity index (χ4n) is 1.75. The van der Waals surface area contributed by atoms with Crippen molar-refractivity contribution < 1.29 is 9.53 Å². The van der Waals surface area contributed by atoms with Gasteiger partial charge in [-0.05, 0) is 48.9 Å². The van der Waals surface area contributed by atoms with Crippen molar-refractivity contribution in [2.45, 2.75) is 19.6 Å². The number of hydrogen-bond acceptors (Lipinski definition) is 2. The number of carbonyl (C=O) groups is 1. The van der Waals surface area contributed by atoms with Gasteiger partial charge < -0.3 is 10.1 Å². The zero-order valence-electron chi connectivity index (χ0n) is 11.5. The monoisotopic (exact) mass is 323 g/mol. The van der Waals surface area contributed by atoms with E-state index in [1.165, 1.54) is 0 Å². The van der Waals surface area contributed by atoms with E-state index in [0.717, 1.165) is 5.56 Å². The van der Waals surface area contributed by atoms with Gasteiger partial charge in [-0.1, -0.05) is 35.3 Å². The van der Waals surface area contributed by atoms with Crippen LogP contribution in [0.15, 0.2) is 48.5 Å². The van der Waals surface area contributed by atoms with Crippen LogP contribution in [-0.2, 0) is 11.3 Å². The summed E-state index contributed by atoms with van der Waals surface area (Å²) in [5.74, 6) is 0.412. The molecule has 0 saturated carbocycles. The maximum atomic E-state index is 12.0. The minimum absolute atomic E-state index is 0.190. The van der Waals surface area contributed by atoms with Gasteiger partial charge in [0.15, 0.2) is 6.10 Å². The molecule has 0 fully saturated rings. The lowest BCUT2D eigenvalue weighted by atomic mass is 10.2. The third-order valence-electron chi connectivity index (χ3n) is 2.85. The van der Waals surface area contributed by atoms with E-state index in [2.05, 4.69) is 5.32 Å². The second kappa shape index (κ2) is 7.34. The Morgan fingerprint density at radius 1 is 1.14 bits per heavy atom. The lowest BCUT2D eigenvalue weighted by molar-refractivity contribution is -0.127. The van der Waals surface area contributed by atoms with Gasteiger partial charge in [0.25, 0.3) is 5.91 Å². The number of benzene rings is 2. The molecular formula is C16H15Cl2NO2. The van der Waals surface area contributed by atoms with Gasteiger partial charge in [-0.3, -0.25) is 4.79 Å². The van der Waals surface area contributed by atoms with Crippen molar-refractivity contribution in [1.29, 1.82) is 0 Å². The van der Waals surface area contributed by atoms with E-state index in [4.69, 9.17) is 27.9 Å². The Labute approximate surface area is 133 Å². The van der Waals surface area contributed by atoms with Gasteiger partial charge in [-0.2, -0.15) is 0 Å². The molecule has 2 aromatic carbocycles. The molecule has 1 amide bonds. The van der Waals surface area contributed by atoms with Crippen molar-refractivity contribution in [3.8, 4) is 5.75 Å². The number of amides is 1. The summed E-state index contributed by atoms with van der Waals surface area (Å²) in [4.78, 5) is 12.0. The van der Waals surface area contributed by atoms with Crippen LogP contribution in [0.25, 0.3) is 0 Å². The van der Waals surface area contributed by atoms with Crippen LogP contribution < -0.4 is 10.1 Å². The Morgan fingerprint density at radius 2 is 1.86 bits per heavy atom. The first-order chi connectivity index (χ1) is 10.0. The lowest BCUT2D eigenvalue weighted by Gasteiger charge is -2.14.